The van der Waals surface area contributed by atoms with Crippen molar-refractivity contribution in [1.82, 2.24) is 5.32 Å². The van der Waals surface area contributed by atoms with Crippen molar-refractivity contribution in [3.8, 4) is 0 Å². The minimum absolute atomic E-state index is 0.0912. The van der Waals surface area contributed by atoms with Gasteiger partial charge in [-0.15, -0.1) is 0 Å². The van der Waals surface area contributed by atoms with Gasteiger partial charge in [-0.1, -0.05) is 0 Å². The van der Waals surface area contributed by atoms with Gasteiger partial charge in [0.15, 0.2) is 0 Å². The van der Waals surface area contributed by atoms with Crippen molar-refractivity contribution in [2.24, 2.45) is 5.92 Å². The molecule has 1 aliphatic carbocycles. The average Bonchev–Trinajstić information content (AvgIpc) is 2.58. The zero-order valence-corrected chi connectivity index (χ0v) is 8.49. The van der Waals surface area contributed by atoms with Crippen LogP contribution in [0.4, 0.5) is 0 Å². The Morgan fingerprint density at radius 2 is 2.21 bits per heavy atom. The van der Waals surface area contributed by atoms with Crippen LogP contribution in [0.3, 0.4) is 0 Å². The molecule has 0 aromatic carbocycles. The summed E-state index contributed by atoms with van der Waals surface area (Å²) in [5.74, 6) is -0.202. The van der Waals surface area contributed by atoms with Crippen LogP contribution in [0.25, 0.3) is 0 Å². The van der Waals surface area contributed by atoms with Crippen molar-refractivity contribution in [1.29, 1.82) is 0 Å². The summed E-state index contributed by atoms with van der Waals surface area (Å²) < 4.78 is 10.6. The molecule has 2 fully saturated rings. The van der Waals surface area contributed by atoms with Crippen LogP contribution in [0.1, 0.15) is 19.3 Å². The molecule has 0 amide bonds. The normalized spacial score (nSPS) is 32.6. The Balaban J connectivity index is 1.83. The van der Waals surface area contributed by atoms with E-state index < -0.39 is 0 Å². The summed E-state index contributed by atoms with van der Waals surface area (Å²) >= 11 is 0. The minimum Gasteiger partial charge on any atom is -0.462 e. The van der Waals surface area contributed by atoms with Gasteiger partial charge in [-0.05, 0) is 26.3 Å². The highest BCUT2D eigenvalue weighted by Crippen LogP contribution is 2.24. The Labute approximate surface area is 84.0 Å². The van der Waals surface area contributed by atoms with Crippen LogP contribution in [-0.4, -0.2) is 38.4 Å². The van der Waals surface area contributed by atoms with Gasteiger partial charge in [0.1, 0.15) is 6.10 Å². The van der Waals surface area contributed by atoms with Crippen LogP contribution >= 0.6 is 0 Å². The van der Waals surface area contributed by atoms with Crippen LogP contribution < -0.4 is 5.32 Å². The Kier molecular flexibility index (Phi) is 3.03. The van der Waals surface area contributed by atoms with E-state index >= 15 is 0 Å². The van der Waals surface area contributed by atoms with E-state index in [2.05, 4.69) is 5.32 Å². The second-order valence-corrected chi connectivity index (χ2v) is 4.03. The molecule has 0 spiro atoms. The lowest BCUT2D eigenvalue weighted by Crippen LogP contribution is -2.40. The molecule has 2 unspecified atom stereocenters. The number of likely N-dealkylation sites (N-methyl/N-ethyl adjacent to an activating group) is 1. The van der Waals surface area contributed by atoms with E-state index in [1.807, 2.05) is 7.05 Å². The Morgan fingerprint density at radius 3 is 2.79 bits per heavy atom. The summed E-state index contributed by atoms with van der Waals surface area (Å²) in [6.07, 6.45) is 3.43. The maximum absolute atomic E-state index is 11.7. The molecule has 80 valence electrons. The van der Waals surface area contributed by atoms with Crippen molar-refractivity contribution < 1.29 is 14.3 Å². The van der Waals surface area contributed by atoms with Crippen molar-refractivity contribution in [2.75, 3.05) is 20.3 Å². The van der Waals surface area contributed by atoms with Gasteiger partial charge >= 0.3 is 5.97 Å². The molecule has 4 heteroatoms. The summed E-state index contributed by atoms with van der Waals surface area (Å²) in [6.45, 7) is 1.11. The second kappa shape index (κ2) is 4.28. The SMILES string of the molecule is CNC1COCC1C(=O)OC1CCC1. The third-order valence-electron chi connectivity index (χ3n) is 3.09. The lowest BCUT2D eigenvalue weighted by atomic mass is 9.95. The number of hydrogen-bond donors (Lipinski definition) is 1. The predicted octanol–water partition coefficient (Wildman–Crippen LogP) is 0.316. The fourth-order valence-electron chi connectivity index (χ4n) is 1.81. The summed E-state index contributed by atoms with van der Waals surface area (Å²) in [5.41, 5.74) is 0. The topological polar surface area (TPSA) is 47.6 Å². The quantitative estimate of drug-likeness (QED) is 0.665. The number of carbonyl (C=O) groups is 1. The maximum atomic E-state index is 11.7. The van der Waals surface area contributed by atoms with Gasteiger partial charge in [-0.3, -0.25) is 4.79 Å². The van der Waals surface area contributed by atoms with Gasteiger partial charge in [-0.25, -0.2) is 0 Å². The number of nitrogens with one attached hydrogen (secondary N) is 1. The highest BCUT2D eigenvalue weighted by atomic mass is 16.6. The number of rotatable bonds is 3. The molecule has 1 heterocycles. The molecular formula is C10H17NO3. The highest BCUT2D eigenvalue weighted by Gasteiger charge is 2.36. The summed E-state index contributed by atoms with van der Waals surface area (Å²) in [7, 11) is 1.85. The molecular weight excluding hydrogens is 182 g/mol. The number of ether oxygens (including phenoxy) is 2. The third kappa shape index (κ3) is 1.91. The third-order valence-corrected chi connectivity index (χ3v) is 3.09. The number of carbonyl (C=O) groups excluding carboxylic acids is 1. The monoisotopic (exact) mass is 199 g/mol. The van der Waals surface area contributed by atoms with Crippen LogP contribution in [0, 0.1) is 5.92 Å². The summed E-state index contributed by atoms with van der Waals surface area (Å²) in [4.78, 5) is 11.7. The molecule has 0 aromatic rings. The predicted molar refractivity (Wildman–Crippen MR) is 50.9 cm³/mol. The van der Waals surface area contributed by atoms with E-state index in [4.69, 9.17) is 9.47 Å². The first kappa shape index (κ1) is 9.93. The van der Waals surface area contributed by atoms with Crippen LogP contribution in [-0.2, 0) is 14.3 Å². The fourth-order valence-corrected chi connectivity index (χ4v) is 1.81. The molecule has 1 aliphatic heterocycles. The zero-order chi connectivity index (χ0) is 9.97. The van der Waals surface area contributed by atoms with E-state index in [1.54, 1.807) is 0 Å². The fraction of sp³-hybridized carbons (Fsp3) is 0.900. The smallest absolute Gasteiger partial charge is 0.313 e. The second-order valence-electron chi connectivity index (χ2n) is 4.03. The van der Waals surface area contributed by atoms with E-state index in [-0.39, 0.29) is 24.0 Å². The van der Waals surface area contributed by atoms with Gasteiger partial charge in [0.2, 0.25) is 0 Å². The Hall–Kier alpha value is -0.610. The minimum atomic E-state index is -0.111. The standard InChI is InChI=1S/C10H17NO3/c1-11-9-6-13-5-8(9)10(12)14-7-3-2-4-7/h7-9,11H,2-6H2,1H3. The molecule has 0 bridgehead atoms. The van der Waals surface area contributed by atoms with Crippen molar-refractivity contribution in [2.45, 2.75) is 31.4 Å². The van der Waals surface area contributed by atoms with Crippen molar-refractivity contribution >= 4 is 5.97 Å². The lowest BCUT2D eigenvalue weighted by Gasteiger charge is -2.27. The molecule has 2 aliphatic rings. The maximum Gasteiger partial charge on any atom is 0.313 e. The van der Waals surface area contributed by atoms with Crippen LogP contribution in [0.2, 0.25) is 0 Å². The van der Waals surface area contributed by atoms with Crippen molar-refractivity contribution in [3.05, 3.63) is 0 Å². The Bertz CT molecular complexity index is 215. The van der Waals surface area contributed by atoms with Gasteiger partial charge in [-0.2, -0.15) is 0 Å². The van der Waals surface area contributed by atoms with Crippen LogP contribution in [0.5, 0.6) is 0 Å². The van der Waals surface area contributed by atoms with Crippen molar-refractivity contribution in [3.63, 3.8) is 0 Å². The first-order chi connectivity index (χ1) is 6.81. The molecule has 0 radical (unpaired) electrons. The lowest BCUT2D eigenvalue weighted by molar-refractivity contribution is -0.158. The average molecular weight is 199 g/mol. The molecule has 2 atom stereocenters. The van der Waals surface area contributed by atoms with E-state index in [0.717, 1.165) is 12.8 Å². The molecule has 1 saturated heterocycles. The number of hydrogen-bond acceptors (Lipinski definition) is 4. The van der Waals surface area contributed by atoms with E-state index in [1.165, 1.54) is 6.42 Å². The van der Waals surface area contributed by atoms with Gasteiger partial charge in [0.25, 0.3) is 0 Å². The van der Waals surface area contributed by atoms with Gasteiger partial charge in [0, 0.05) is 6.04 Å². The molecule has 4 nitrogen and oxygen atoms in total. The molecule has 1 saturated carbocycles. The first-order valence-electron chi connectivity index (χ1n) is 5.26. The largest absolute Gasteiger partial charge is 0.462 e. The Morgan fingerprint density at radius 1 is 1.43 bits per heavy atom. The summed E-state index contributed by atoms with van der Waals surface area (Å²) in [5, 5.41) is 3.08. The first-order valence-corrected chi connectivity index (χ1v) is 5.26. The molecule has 2 rings (SSSR count). The highest BCUT2D eigenvalue weighted by molar-refractivity contribution is 5.74. The number of esters is 1. The van der Waals surface area contributed by atoms with Crippen LogP contribution in [0.15, 0.2) is 0 Å². The molecule has 14 heavy (non-hydrogen) atoms. The zero-order valence-electron chi connectivity index (χ0n) is 8.49. The van der Waals surface area contributed by atoms with E-state index in [9.17, 15) is 4.79 Å². The van der Waals surface area contributed by atoms with E-state index in [0.29, 0.717) is 13.2 Å². The van der Waals surface area contributed by atoms with Gasteiger partial charge in [0.05, 0.1) is 19.1 Å². The summed E-state index contributed by atoms with van der Waals surface area (Å²) in [6, 6.07) is 0.127. The molecule has 0 aromatic heterocycles. The molecule has 1 N–H and O–H groups in total. The van der Waals surface area contributed by atoms with Gasteiger partial charge < -0.3 is 14.8 Å².